The third-order valence-corrected chi connectivity index (χ3v) is 0.641. The van der Waals surface area contributed by atoms with E-state index in [2.05, 4.69) is 0 Å². The van der Waals surface area contributed by atoms with E-state index in [1.165, 1.54) is 0 Å². The lowest BCUT2D eigenvalue weighted by Gasteiger charge is -1.90. The highest BCUT2D eigenvalue weighted by Crippen LogP contribution is 2.05. The standard InChI is InChI=1S/C4H7Cl2N.ClH/c1-3(7)2-4(5)6;/h2-3H,7H2,1H3;1H. The van der Waals surface area contributed by atoms with Gasteiger partial charge in [-0.05, 0) is 13.0 Å². The molecule has 4 heteroatoms. The molecule has 0 fully saturated rings. The zero-order chi connectivity index (χ0) is 5.86. The molecular formula is C4H8Cl3N. The molecule has 0 saturated carbocycles. The molecule has 0 aromatic carbocycles. The van der Waals surface area contributed by atoms with Gasteiger partial charge < -0.3 is 5.73 Å². The summed E-state index contributed by atoms with van der Waals surface area (Å²) in [6.45, 7) is 1.80. The average molecular weight is 176 g/mol. The van der Waals surface area contributed by atoms with Gasteiger partial charge in [0, 0.05) is 6.04 Å². The molecule has 8 heavy (non-hydrogen) atoms. The van der Waals surface area contributed by atoms with Crippen LogP contribution in [-0.2, 0) is 0 Å². The lowest BCUT2D eigenvalue weighted by molar-refractivity contribution is 0.926. The Labute approximate surface area is 65.2 Å². The van der Waals surface area contributed by atoms with Crippen molar-refractivity contribution in [2.75, 3.05) is 0 Å². The molecule has 1 nitrogen and oxygen atoms in total. The van der Waals surface area contributed by atoms with Crippen molar-refractivity contribution in [3.8, 4) is 0 Å². The number of hydrogen-bond acceptors (Lipinski definition) is 1. The van der Waals surface area contributed by atoms with Gasteiger partial charge in [-0.3, -0.25) is 0 Å². The van der Waals surface area contributed by atoms with E-state index in [-0.39, 0.29) is 22.9 Å². The summed E-state index contributed by atoms with van der Waals surface area (Å²) in [5, 5.41) is 0. The number of rotatable bonds is 1. The van der Waals surface area contributed by atoms with Gasteiger partial charge in [0.1, 0.15) is 4.49 Å². The summed E-state index contributed by atoms with van der Waals surface area (Å²) in [4.78, 5) is 0. The highest BCUT2D eigenvalue weighted by atomic mass is 35.5. The predicted octanol–water partition coefficient (Wildman–Crippen LogP) is 2.07. The summed E-state index contributed by atoms with van der Waals surface area (Å²) < 4.78 is 0.231. The number of hydrogen-bond donors (Lipinski definition) is 1. The summed E-state index contributed by atoms with van der Waals surface area (Å²) in [7, 11) is 0. The Morgan fingerprint density at radius 3 is 2.00 bits per heavy atom. The van der Waals surface area contributed by atoms with Crippen molar-refractivity contribution in [1.82, 2.24) is 0 Å². The molecule has 0 spiro atoms. The van der Waals surface area contributed by atoms with E-state index in [0.29, 0.717) is 0 Å². The molecule has 0 aliphatic rings. The number of nitrogens with two attached hydrogens (primary N) is 1. The molecule has 0 rings (SSSR count). The van der Waals surface area contributed by atoms with E-state index in [4.69, 9.17) is 28.9 Å². The van der Waals surface area contributed by atoms with Gasteiger partial charge in [-0.2, -0.15) is 0 Å². The maximum absolute atomic E-state index is 5.25. The summed E-state index contributed by atoms with van der Waals surface area (Å²) in [5.41, 5.74) is 5.25. The largest absolute Gasteiger partial charge is 0.325 e. The molecule has 1 atom stereocenters. The van der Waals surface area contributed by atoms with Crippen LogP contribution in [0.3, 0.4) is 0 Å². The smallest absolute Gasteiger partial charge is 0.104 e. The van der Waals surface area contributed by atoms with Crippen LogP contribution in [-0.4, -0.2) is 6.04 Å². The first-order chi connectivity index (χ1) is 3.13. The lowest BCUT2D eigenvalue weighted by atomic mass is 10.4. The van der Waals surface area contributed by atoms with Crippen molar-refractivity contribution in [3.05, 3.63) is 10.6 Å². The van der Waals surface area contributed by atoms with Gasteiger partial charge in [0.25, 0.3) is 0 Å². The maximum Gasteiger partial charge on any atom is 0.104 e. The van der Waals surface area contributed by atoms with Crippen LogP contribution in [0.5, 0.6) is 0 Å². The van der Waals surface area contributed by atoms with E-state index >= 15 is 0 Å². The molecular weight excluding hydrogens is 168 g/mol. The van der Waals surface area contributed by atoms with Crippen molar-refractivity contribution in [1.29, 1.82) is 0 Å². The Kier molecular flexibility index (Phi) is 8.11. The average Bonchev–Trinajstić information content (AvgIpc) is 1.27. The fraction of sp³-hybridized carbons (Fsp3) is 0.500. The van der Waals surface area contributed by atoms with E-state index in [9.17, 15) is 0 Å². The van der Waals surface area contributed by atoms with Crippen LogP contribution in [0, 0.1) is 0 Å². The quantitative estimate of drug-likeness (QED) is 0.650. The fourth-order valence-corrected chi connectivity index (χ4v) is 0.596. The van der Waals surface area contributed by atoms with Gasteiger partial charge in [-0.25, -0.2) is 0 Å². The summed E-state index contributed by atoms with van der Waals surface area (Å²) in [6, 6.07) is -0.0509. The van der Waals surface area contributed by atoms with Crippen LogP contribution in [0.2, 0.25) is 0 Å². The lowest BCUT2D eigenvalue weighted by Crippen LogP contribution is -2.10. The molecule has 0 amide bonds. The summed E-state index contributed by atoms with van der Waals surface area (Å²) in [5.74, 6) is 0. The molecule has 0 aliphatic heterocycles. The van der Waals surface area contributed by atoms with Crippen LogP contribution in [0.1, 0.15) is 6.92 Å². The van der Waals surface area contributed by atoms with Gasteiger partial charge in [0.15, 0.2) is 0 Å². The highest BCUT2D eigenvalue weighted by molar-refractivity contribution is 6.55. The fourth-order valence-electron chi connectivity index (χ4n) is 0.199. The molecule has 0 radical (unpaired) electrons. The molecule has 2 N–H and O–H groups in total. The minimum Gasteiger partial charge on any atom is -0.325 e. The van der Waals surface area contributed by atoms with E-state index in [0.717, 1.165) is 0 Å². The van der Waals surface area contributed by atoms with Crippen LogP contribution in [0.15, 0.2) is 10.6 Å². The first kappa shape index (κ1) is 11.4. The molecule has 0 heterocycles. The topological polar surface area (TPSA) is 26.0 Å². The van der Waals surface area contributed by atoms with Gasteiger partial charge in [0.05, 0.1) is 0 Å². The van der Waals surface area contributed by atoms with Gasteiger partial charge in [-0.1, -0.05) is 23.2 Å². The summed E-state index contributed by atoms with van der Waals surface area (Å²) in [6.07, 6.45) is 1.56. The zero-order valence-corrected chi connectivity index (χ0v) is 6.72. The summed E-state index contributed by atoms with van der Waals surface area (Å²) >= 11 is 10.4. The van der Waals surface area contributed by atoms with Crippen LogP contribution in [0.25, 0.3) is 0 Å². The van der Waals surface area contributed by atoms with Crippen molar-refractivity contribution in [3.63, 3.8) is 0 Å². The van der Waals surface area contributed by atoms with E-state index < -0.39 is 0 Å². The second kappa shape index (κ2) is 5.70. The van der Waals surface area contributed by atoms with E-state index in [1.54, 1.807) is 13.0 Å². The van der Waals surface area contributed by atoms with Crippen LogP contribution < -0.4 is 5.73 Å². The minimum atomic E-state index is -0.0509. The van der Waals surface area contributed by atoms with Crippen molar-refractivity contribution in [2.45, 2.75) is 13.0 Å². The van der Waals surface area contributed by atoms with Gasteiger partial charge in [-0.15, -0.1) is 12.4 Å². The van der Waals surface area contributed by atoms with Crippen LogP contribution in [0.4, 0.5) is 0 Å². The van der Waals surface area contributed by atoms with Gasteiger partial charge >= 0.3 is 0 Å². The van der Waals surface area contributed by atoms with Crippen molar-refractivity contribution in [2.24, 2.45) is 5.73 Å². The Morgan fingerprint density at radius 1 is 1.62 bits per heavy atom. The molecule has 50 valence electrons. The molecule has 0 aromatic rings. The third kappa shape index (κ3) is 9.76. The Balaban J connectivity index is 0. The molecule has 0 aliphatic carbocycles. The van der Waals surface area contributed by atoms with Crippen molar-refractivity contribution < 1.29 is 0 Å². The highest BCUT2D eigenvalue weighted by Gasteiger charge is 1.86. The third-order valence-electron chi connectivity index (χ3n) is 0.389. The van der Waals surface area contributed by atoms with Crippen molar-refractivity contribution >= 4 is 35.6 Å². The second-order valence-electron chi connectivity index (χ2n) is 1.32. The molecule has 0 bridgehead atoms. The zero-order valence-electron chi connectivity index (χ0n) is 4.40. The first-order valence-corrected chi connectivity index (χ1v) is 2.67. The molecule has 0 aromatic heterocycles. The minimum absolute atomic E-state index is 0. The van der Waals surface area contributed by atoms with E-state index in [1.807, 2.05) is 0 Å². The Bertz CT molecular complexity index is 75.4. The second-order valence-corrected chi connectivity index (χ2v) is 2.32. The first-order valence-electron chi connectivity index (χ1n) is 1.91. The van der Waals surface area contributed by atoms with Crippen LogP contribution >= 0.6 is 35.6 Å². The Morgan fingerprint density at radius 2 is 2.00 bits per heavy atom. The van der Waals surface area contributed by atoms with Gasteiger partial charge in [0.2, 0.25) is 0 Å². The molecule has 1 unspecified atom stereocenters. The Hall–Kier alpha value is 0.570. The maximum atomic E-state index is 5.25. The predicted molar refractivity (Wildman–Crippen MR) is 40.7 cm³/mol. The normalized spacial score (nSPS) is 11.5. The monoisotopic (exact) mass is 175 g/mol. The molecule has 0 saturated heterocycles. The number of halogens is 3. The SMILES string of the molecule is CC(N)C=C(Cl)Cl.Cl.